The van der Waals surface area contributed by atoms with Gasteiger partial charge in [-0.3, -0.25) is 4.79 Å². The average molecular weight is 341 g/mol. The van der Waals surface area contributed by atoms with E-state index < -0.39 is 5.91 Å². The van der Waals surface area contributed by atoms with Crippen LogP contribution in [-0.2, 0) is 0 Å². The van der Waals surface area contributed by atoms with E-state index in [1.165, 1.54) is 18.3 Å². The summed E-state index contributed by atoms with van der Waals surface area (Å²) in [6, 6.07) is 17.0. The number of para-hydroxylation sites is 1. The first kappa shape index (κ1) is 15.8. The largest absolute Gasteiger partial charge is 0.507 e. The standard InChI is InChI=1S/C18H13ClN2O3/c19-15-7-3-1-5-13(15)17-10-9-12(24-17)11-20-21-18(23)14-6-2-4-8-16(14)22/h1-11,22H,(H,21,23)/b20-11+. The summed E-state index contributed by atoms with van der Waals surface area (Å²) < 4.78 is 5.63. The van der Waals surface area contributed by atoms with Crippen molar-refractivity contribution in [3.05, 3.63) is 77.0 Å². The molecule has 2 N–H and O–H groups in total. The molecule has 0 saturated carbocycles. The maximum Gasteiger partial charge on any atom is 0.275 e. The van der Waals surface area contributed by atoms with E-state index in [1.54, 1.807) is 30.3 Å². The maximum absolute atomic E-state index is 11.9. The van der Waals surface area contributed by atoms with Gasteiger partial charge < -0.3 is 9.52 Å². The lowest BCUT2D eigenvalue weighted by molar-refractivity contribution is 0.0952. The monoisotopic (exact) mass is 340 g/mol. The van der Waals surface area contributed by atoms with Crippen molar-refractivity contribution in [2.75, 3.05) is 0 Å². The number of amides is 1. The van der Waals surface area contributed by atoms with Crippen molar-refractivity contribution in [2.45, 2.75) is 0 Å². The molecule has 0 saturated heterocycles. The molecule has 0 radical (unpaired) electrons. The molecule has 0 bridgehead atoms. The Morgan fingerprint density at radius 1 is 1.08 bits per heavy atom. The molecule has 6 heteroatoms. The summed E-state index contributed by atoms with van der Waals surface area (Å²) in [5.41, 5.74) is 3.25. The minimum absolute atomic E-state index is 0.107. The average Bonchev–Trinajstić information content (AvgIpc) is 3.04. The Balaban J connectivity index is 1.69. The number of phenolic OH excluding ortho intramolecular Hbond substituents is 1. The number of hydrogen-bond acceptors (Lipinski definition) is 4. The predicted molar refractivity (Wildman–Crippen MR) is 92.3 cm³/mol. The third kappa shape index (κ3) is 3.47. The van der Waals surface area contributed by atoms with Gasteiger partial charge in [-0.15, -0.1) is 0 Å². The van der Waals surface area contributed by atoms with E-state index in [0.717, 1.165) is 5.56 Å². The summed E-state index contributed by atoms with van der Waals surface area (Å²) in [5.74, 6) is 0.447. The van der Waals surface area contributed by atoms with Gasteiger partial charge in [-0.1, -0.05) is 35.9 Å². The number of aromatic hydroxyl groups is 1. The third-order valence-corrected chi connectivity index (χ3v) is 3.60. The van der Waals surface area contributed by atoms with Gasteiger partial charge >= 0.3 is 0 Å². The summed E-state index contributed by atoms with van der Waals surface area (Å²) in [5, 5.41) is 14.0. The van der Waals surface area contributed by atoms with Crippen LogP contribution in [0.1, 0.15) is 16.1 Å². The number of benzene rings is 2. The summed E-state index contributed by atoms with van der Waals surface area (Å²) in [6.45, 7) is 0. The molecule has 1 amide bonds. The van der Waals surface area contributed by atoms with Gasteiger partial charge in [0.1, 0.15) is 17.3 Å². The van der Waals surface area contributed by atoms with Crippen molar-refractivity contribution < 1.29 is 14.3 Å². The van der Waals surface area contributed by atoms with Gasteiger partial charge in [0.25, 0.3) is 5.91 Å². The van der Waals surface area contributed by atoms with Crippen molar-refractivity contribution in [3.63, 3.8) is 0 Å². The van der Waals surface area contributed by atoms with Crippen LogP contribution in [0, 0.1) is 0 Å². The second kappa shape index (κ2) is 7.02. The quantitative estimate of drug-likeness (QED) is 0.555. The highest BCUT2D eigenvalue weighted by atomic mass is 35.5. The minimum atomic E-state index is -0.512. The smallest absolute Gasteiger partial charge is 0.275 e. The van der Waals surface area contributed by atoms with E-state index in [1.807, 2.05) is 18.2 Å². The molecule has 0 fully saturated rings. The number of halogens is 1. The van der Waals surface area contributed by atoms with Gasteiger partial charge in [-0.05, 0) is 36.4 Å². The van der Waals surface area contributed by atoms with E-state index in [2.05, 4.69) is 10.5 Å². The fourth-order valence-corrected chi connectivity index (χ4v) is 2.34. The van der Waals surface area contributed by atoms with E-state index in [0.29, 0.717) is 16.5 Å². The first-order valence-corrected chi connectivity index (χ1v) is 7.49. The number of nitrogens with zero attached hydrogens (tertiary/aromatic N) is 1. The molecule has 0 atom stereocenters. The van der Waals surface area contributed by atoms with Crippen LogP contribution in [0.3, 0.4) is 0 Å². The SMILES string of the molecule is O=C(N/N=C/c1ccc(-c2ccccc2Cl)o1)c1ccccc1O. The van der Waals surface area contributed by atoms with Crippen LogP contribution in [0.15, 0.2) is 70.2 Å². The Kier molecular flexibility index (Phi) is 4.63. The van der Waals surface area contributed by atoms with Crippen molar-refractivity contribution in [3.8, 4) is 17.1 Å². The number of hydrogen-bond donors (Lipinski definition) is 2. The summed E-state index contributed by atoms with van der Waals surface area (Å²) >= 11 is 6.12. The van der Waals surface area contributed by atoms with E-state index >= 15 is 0 Å². The number of phenols is 1. The van der Waals surface area contributed by atoms with Crippen LogP contribution in [0.4, 0.5) is 0 Å². The lowest BCUT2D eigenvalue weighted by atomic mass is 10.2. The molecule has 2 aromatic carbocycles. The van der Waals surface area contributed by atoms with Gasteiger partial charge in [0.05, 0.1) is 16.8 Å². The number of carbonyl (C=O) groups is 1. The van der Waals surface area contributed by atoms with Crippen LogP contribution in [0.5, 0.6) is 5.75 Å². The molecule has 120 valence electrons. The highest BCUT2D eigenvalue weighted by molar-refractivity contribution is 6.33. The fourth-order valence-electron chi connectivity index (χ4n) is 2.11. The first-order valence-electron chi connectivity index (χ1n) is 7.11. The Bertz CT molecular complexity index is 903. The normalized spacial score (nSPS) is 10.9. The van der Waals surface area contributed by atoms with Crippen molar-refractivity contribution in [1.29, 1.82) is 0 Å². The Hall–Kier alpha value is -3.05. The number of carbonyl (C=O) groups excluding carboxylic acids is 1. The van der Waals surface area contributed by atoms with Crippen molar-refractivity contribution in [1.82, 2.24) is 5.43 Å². The van der Waals surface area contributed by atoms with E-state index in [-0.39, 0.29) is 11.3 Å². The van der Waals surface area contributed by atoms with Gasteiger partial charge in [0.2, 0.25) is 0 Å². The molecular weight excluding hydrogens is 328 g/mol. The van der Waals surface area contributed by atoms with Gasteiger partial charge in [-0.2, -0.15) is 5.10 Å². The van der Waals surface area contributed by atoms with Crippen molar-refractivity contribution >= 4 is 23.7 Å². The summed E-state index contributed by atoms with van der Waals surface area (Å²) in [6.07, 6.45) is 1.37. The summed E-state index contributed by atoms with van der Waals surface area (Å²) in [4.78, 5) is 11.9. The number of nitrogens with one attached hydrogen (secondary N) is 1. The molecule has 1 aromatic heterocycles. The van der Waals surface area contributed by atoms with Crippen LogP contribution >= 0.6 is 11.6 Å². The minimum Gasteiger partial charge on any atom is -0.507 e. The lowest BCUT2D eigenvalue weighted by Crippen LogP contribution is -2.17. The second-order valence-electron chi connectivity index (χ2n) is 4.90. The molecule has 0 aliphatic carbocycles. The van der Waals surface area contributed by atoms with Crippen LogP contribution in [-0.4, -0.2) is 17.2 Å². The highest BCUT2D eigenvalue weighted by Gasteiger charge is 2.09. The predicted octanol–water partition coefficient (Wildman–Crippen LogP) is 4.07. The van der Waals surface area contributed by atoms with Gasteiger partial charge in [-0.25, -0.2) is 5.43 Å². The summed E-state index contributed by atoms with van der Waals surface area (Å²) in [7, 11) is 0. The molecular formula is C18H13ClN2O3. The lowest BCUT2D eigenvalue weighted by Gasteiger charge is -2.01. The molecule has 0 unspecified atom stereocenters. The maximum atomic E-state index is 11.9. The number of hydrazone groups is 1. The zero-order valence-electron chi connectivity index (χ0n) is 12.4. The molecule has 24 heavy (non-hydrogen) atoms. The third-order valence-electron chi connectivity index (χ3n) is 3.27. The zero-order chi connectivity index (χ0) is 16.9. The van der Waals surface area contributed by atoms with Gasteiger partial charge in [0.15, 0.2) is 0 Å². The topological polar surface area (TPSA) is 74.8 Å². The van der Waals surface area contributed by atoms with Gasteiger partial charge in [0, 0.05) is 5.56 Å². The van der Waals surface area contributed by atoms with Crippen molar-refractivity contribution in [2.24, 2.45) is 5.10 Å². The van der Waals surface area contributed by atoms with E-state index in [9.17, 15) is 9.90 Å². The second-order valence-corrected chi connectivity index (χ2v) is 5.31. The van der Waals surface area contributed by atoms with E-state index in [4.69, 9.17) is 16.0 Å². The number of furan rings is 1. The molecule has 3 aromatic rings. The van der Waals surface area contributed by atoms with Crippen LogP contribution in [0.25, 0.3) is 11.3 Å². The molecule has 0 spiro atoms. The first-order chi connectivity index (χ1) is 11.6. The fraction of sp³-hybridized carbons (Fsp3) is 0. The molecule has 0 aliphatic rings. The van der Waals surface area contributed by atoms with Crippen LogP contribution in [0.2, 0.25) is 5.02 Å². The van der Waals surface area contributed by atoms with Crippen LogP contribution < -0.4 is 5.43 Å². The molecule has 1 heterocycles. The Morgan fingerprint density at radius 3 is 2.62 bits per heavy atom. The Morgan fingerprint density at radius 2 is 1.83 bits per heavy atom. The Labute approximate surface area is 143 Å². The highest BCUT2D eigenvalue weighted by Crippen LogP contribution is 2.28. The molecule has 3 rings (SSSR count). The molecule has 5 nitrogen and oxygen atoms in total. The number of rotatable bonds is 4. The zero-order valence-corrected chi connectivity index (χ0v) is 13.2. The molecule has 0 aliphatic heterocycles.